The fourth-order valence-electron chi connectivity index (χ4n) is 1.99. The van der Waals surface area contributed by atoms with Gasteiger partial charge in [-0.2, -0.15) is 0 Å². The second kappa shape index (κ2) is 11.3. The first kappa shape index (κ1) is 23.5. The monoisotopic (exact) mass is 413 g/mol. The molecule has 3 rings (SSSR count). The zero-order valence-corrected chi connectivity index (χ0v) is 15.5. The topological polar surface area (TPSA) is 178 Å². The fourth-order valence-corrected chi connectivity index (χ4v) is 1.99. The van der Waals surface area contributed by atoms with Crippen LogP contribution in [0.5, 0.6) is 17.2 Å². The molecule has 0 aromatic heterocycles. The molecule has 3 aromatic carbocycles. The minimum atomic E-state index is -1.11. The van der Waals surface area contributed by atoms with E-state index in [4.69, 9.17) is 31.3 Å². The minimum Gasteiger partial charge on any atom is -0.507 e. The van der Waals surface area contributed by atoms with Gasteiger partial charge in [-0.3, -0.25) is 4.79 Å². The summed E-state index contributed by atoms with van der Waals surface area (Å²) in [6.07, 6.45) is 0. The van der Waals surface area contributed by atoms with E-state index >= 15 is 0 Å². The number of carboxylic acid groups (broad SMARTS) is 2. The molecule has 30 heavy (non-hydrogen) atoms. The fraction of sp³-hybridized carbons (Fsp3) is 0. The summed E-state index contributed by atoms with van der Waals surface area (Å²) in [5, 5.41) is 43.6. The first-order valence-electron chi connectivity index (χ1n) is 8.25. The number of primary amides is 1. The third-order valence-electron chi connectivity index (χ3n) is 3.44. The number of carboxylic acids is 2. The van der Waals surface area contributed by atoms with Crippen molar-refractivity contribution in [2.75, 3.05) is 0 Å². The Hall–Kier alpha value is -4.53. The van der Waals surface area contributed by atoms with Crippen LogP contribution in [-0.4, -0.2) is 43.4 Å². The largest absolute Gasteiger partial charge is 0.507 e. The Balaban J connectivity index is 0.000000225. The van der Waals surface area contributed by atoms with Crippen molar-refractivity contribution in [2.24, 2.45) is 5.73 Å². The van der Waals surface area contributed by atoms with Gasteiger partial charge in [-0.1, -0.05) is 36.4 Å². The van der Waals surface area contributed by atoms with Crippen LogP contribution in [0.1, 0.15) is 31.1 Å². The summed E-state index contributed by atoms with van der Waals surface area (Å²) in [5.41, 5.74) is 4.94. The highest BCUT2D eigenvalue weighted by molar-refractivity contribution is 5.95. The third-order valence-corrected chi connectivity index (χ3v) is 3.44. The second-order valence-corrected chi connectivity index (χ2v) is 5.53. The molecule has 9 nitrogen and oxygen atoms in total. The third kappa shape index (κ3) is 7.24. The lowest BCUT2D eigenvalue weighted by molar-refractivity contribution is 0.0682. The minimum absolute atomic E-state index is 0.0671. The summed E-state index contributed by atoms with van der Waals surface area (Å²) in [7, 11) is 0. The van der Waals surface area contributed by atoms with Gasteiger partial charge in [-0.15, -0.1) is 0 Å². The van der Waals surface area contributed by atoms with Crippen molar-refractivity contribution in [3.8, 4) is 17.2 Å². The number of nitrogens with two attached hydrogens (primary N) is 1. The molecule has 0 spiro atoms. The van der Waals surface area contributed by atoms with Crippen LogP contribution < -0.4 is 5.73 Å². The van der Waals surface area contributed by atoms with Gasteiger partial charge in [0.25, 0.3) is 5.91 Å². The summed E-state index contributed by atoms with van der Waals surface area (Å²) < 4.78 is 0. The number of aromatic carboxylic acids is 2. The zero-order chi connectivity index (χ0) is 22.7. The second-order valence-electron chi connectivity index (χ2n) is 5.53. The van der Waals surface area contributed by atoms with E-state index in [2.05, 4.69) is 0 Å². The predicted molar refractivity (Wildman–Crippen MR) is 107 cm³/mol. The zero-order valence-electron chi connectivity index (χ0n) is 15.5. The van der Waals surface area contributed by atoms with Crippen LogP contribution in [0.15, 0.2) is 72.8 Å². The molecule has 0 heterocycles. The highest BCUT2D eigenvalue weighted by Crippen LogP contribution is 2.15. The molecule has 0 radical (unpaired) electrons. The number of aromatic hydroxyl groups is 3. The summed E-state index contributed by atoms with van der Waals surface area (Å²) in [4.78, 5) is 31.0. The molecule has 0 atom stereocenters. The molecule has 0 saturated heterocycles. The van der Waals surface area contributed by atoms with E-state index in [0.717, 1.165) is 0 Å². The van der Waals surface area contributed by atoms with Gasteiger partial charge in [0.1, 0.15) is 28.4 Å². The normalized spacial score (nSPS) is 9.20. The van der Waals surface area contributed by atoms with Gasteiger partial charge in [0.15, 0.2) is 0 Å². The van der Waals surface area contributed by atoms with Crippen molar-refractivity contribution in [1.29, 1.82) is 0 Å². The highest BCUT2D eigenvalue weighted by atomic mass is 16.4. The van der Waals surface area contributed by atoms with Gasteiger partial charge in [0.2, 0.25) is 0 Å². The van der Waals surface area contributed by atoms with Crippen molar-refractivity contribution in [3.05, 3.63) is 89.5 Å². The van der Waals surface area contributed by atoms with Gasteiger partial charge >= 0.3 is 11.9 Å². The number of phenols is 3. The summed E-state index contributed by atoms with van der Waals surface area (Å²) in [6, 6.07) is 17.8. The van der Waals surface area contributed by atoms with Gasteiger partial charge < -0.3 is 31.3 Å². The number of carbonyl (C=O) groups is 3. The Bertz CT molecular complexity index is 901. The molecule has 0 aliphatic carbocycles. The molecule has 0 fully saturated rings. The lowest BCUT2D eigenvalue weighted by Crippen LogP contribution is -2.10. The number of benzene rings is 3. The maximum absolute atomic E-state index is 10.5. The van der Waals surface area contributed by atoms with Crippen molar-refractivity contribution >= 4 is 17.8 Å². The van der Waals surface area contributed by atoms with E-state index in [0.29, 0.717) is 0 Å². The van der Waals surface area contributed by atoms with Crippen molar-refractivity contribution in [2.45, 2.75) is 0 Å². The van der Waals surface area contributed by atoms with E-state index < -0.39 is 17.8 Å². The number of para-hydroxylation sites is 3. The average molecular weight is 413 g/mol. The maximum Gasteiger partial charge on any atom is 0.339 e. The molecular weight excluding hydrogens is 394 g/mol. The van der Waals surface area contributed by atoms with Gasteiger partial charge in [-0.25, -0.2) is 9.59 Å². The first-order chi connectivity index (χ1) is 14.1. The highest BCUT2D eigenvalue weighted by Gasteiger charge is 2.06. The van der Waals surface area contributed by atoms with E-state index in [1.807, 2.05) is 0 Å². The standard InChI is InChI=1S/C7H7NO2.2C7H6O3/c8-7(10)5-3-1-2-4-6(5)9;2*8-6-4-2-1-3-5(6)7(9)10/h1-4,9H,(H2,8,10);2*1-4,8H,(H,9,10). The van der Waals surface area contributed by atoms with Crippen LogP contribution in [0, 0.1) is 0 Å². The van der Waals surface area contributed by atoms with E-state index in [-0.39, 0.29) is 33.9 Å². The Morgan fingerprint density at radius 2 is 0.800 bits per heavy atom. The lowest BCUT2D eigenvalue weighted by Gasteiger charge is -1.96. The van der Waals surface area contributed by atoms with E-state index in [1.165, 1.54) is 36.4 Å². The quantitative estimate of drug-likeness (QED) is 0.379. The number of hydrogen-bond donors (Lipinski definition) is 6. The van der Waals surface area contributed by atoms with Crippen LogP contribution in [0.4, 0.5) is 0 Å². The number of amides is 1. The molecule has 9 heteroatoms. The van der Waals surface area contributed by atoms with Crippen LogP contribution in [0.3, 0.4) is 0 Å². The smallest absolute Gasteiger partial charge is 0.339 e. The molecule has 156 valence electrons. The Morgan fingerprint density at radius 1 is 0.533 bits per heavy atom. The van der Waals surface area contributed by atoms with Gasteiger partial charge in [-0.05, 0) is 36.4 Å². The maximum atomic E-state index is 10.5. The molecule has 1 amide bonds. The summed E-state index contributed by atoms with van der Waals surface area (Å²) in [5.74, 6) is -3.31. The van der Waals surface area contributed by atoms with E-state index in [9.17, 15) is 14.4 Å². The van der Waals surface area contributed by atoms with Crippen molar-refractivity contribution < 1.29 is 39.9 Å². The number of hydrogen-bond acceptors (Lipinski definition) is 6. The molecule has 0 saturated carbocycles. The Kier molecular flexibility index (Phi) is 8.89. The van der Waals surface area contributed by atoms with Crippen LogP contribution in [0.2, 0.25) is 0 Å². The first-order valence-corrected chi connectivity index (χ1v) is 8.25. The predicted octanol–water partition coefficient (Wildman–Crippen LogP) is 2.67. The van der Waals surface area contributed by atoms with Gasteiger partial charge in [0.05, 0.1) is 5.56 Å². The molecule has 3 aromatic rings. The van der Waals surface area contributed by atoms with Crippen LogP contribution >= 0.6 is 0 Å². The van der Waals surface area contributed by atoms with Crippen molar-refractivity contribution in [3.63, 3.8) is 0 Å². The molecule has 0 aliphatic rings. The van der Waals surface area contributed by atoms with Gasteiger partial charge in [0, 0.05) is 0 Å². The lowest BCUT2D eigenvalue weighted by atomic mass is 10.2. The Labute approximate surface area is 170 Å². The molecule has 0 bridgehead atoms. The number of rotatable bonds is 3. The van der Waals surface area contributed by atoms with Crippen molar-refractivity contribution in [1.82, 2.24) is 0 Å². The number of carbonyl (C=O) groups excluding carboxylic acids is 1. The molecule has 0 aliphatic heterocycles. The SMILES string of the molecule is NC(=O)c1ccccc1O.O=C(O)c1ccccc1O.O=C(O)c1ccccc1O. The molecule has 0 unspecified atom stereocenters. The molecule has 7 N–H and O–H groups in total. The van der Waals surface area contributed by atoms with Crippen LogP contribution in [0.25, 0.3) is 0 Å². The van der Waals surface area contributed by atoms with E-state index in [1.54, 1.807) is 36.4 Å². The van der Waals surface area contributed by atoms with Crippen LogP contribution in [-0.2, 0) is 0 Å². The summed E-state index contributed by atoms with van der Waals surface area (Å²) in [6.45, 7) is 0. The molecular formula is C21H19NO8. The Morgan fingerprint density at radius 3 is 0.967 bits per heavy atom. The summed E-state index contributed by atoms with van der Waals surface area (Å²) >= 11 is 0. The average Bonchev–Trinajstić information content (AvgIpc) is 2.69.